The Labute approximate surface area is 124 Å². The Balaban J connectivity index is 1.59. The van der Waals surface area contributed by atoms with Crippen molar-refractivity contribution in [3.8, 4) is 0 Å². The number of thiazole rings is 1. The van der Waals surface area contributed by atoms with E-state index in [1.165, 1.54) is 16.3 Å². The largest absolute Gasteiger partial charge is 0.376 e. The molecule has 0 saturated carbocycles. The van der Waals surface area contributed by atoms with E-state index < -0.39 is 0 Å². The van der Waals surface area contributed by atoms with Crippen LogP contribution in [-0.2, 0) is 17.7 Å². The van der Waals surface area contributed by atoms with Crippen LogP contribution in [0.2, 0.25) is 0 Å². The predicted molar refractivity (Wildman–Crippen MR) is 82.1 cm³/mol. The summed E-state index contributed by atoms with van der Waals surface area (Å²) in [4.78, 5) is 7.19. The van der Waals surface area contributed by atoms with Crippen molar-refractivity contribution in [1.29, 1.82) is 0 Å². The van der Waals surface area contributed by atoms with E-state index in [0.717, 1.165) is 32.7 Å². The van der Waals surface area contributed by atoms with Crippen molar-refractivity contribution in [2.75, 3.05) is 19.7 Å². The fourth-order valence-corrected chi connectivity index (χ4v) is 3.36. The zero-order valence-electron chi connectivity index (χ0n) is 11.8. The van der Waals surface area contributed by atoms with Crippen LogP contribution in [0.15, 0.2) is 35.7 Å². The molecule has 0 unspecified atom stereocenters. The number of hydrogen-bond acceptors (Lipinski definition) is 4. The molecule has 0 amide bonds. The van der Waals surface area contributed by atoms with Gasteiger partial charge in [-0.25, -0.2) is 4.98 Å². The first kappa shape index (κ1) is 13.7. The highest BCUT2D eigenvalue weighted by Crippen LogP contribution is 2.17. The van der Waals surface area contributed by atoms with Gasteiger partial charge in [0.1, 0.15) is 0 Å². The maximum atomic E-state index is 5.57. The molecular formula is C16H20N2OS. The highest BCUT2D eigenvalue weighted by Gasteiger charge is 2.17. The Morgan fingerprint density at radius 3 is 3.00 bits per heavy atom. The summed E-state index contributed by atoms with van der Waals surface area (Å²) < 4.78 is 5.57. The van der Waals surface area contributed by atoms with Gasteiger partial charge in [0, 0.05) is 31.4 Å². The van der Waals surface area contributed by atoms with Gasteiger partial charge in [0.2, 0.25) is 0 Å². The molecule has 1 atom stereocenters. The van der Waals surface area contributed by atoms with Gasteiger partial charge in [0.05, 0.1) is 23.4 Å². The van der Waals surface area contributed by atoms with Gasteiger partial charge in [-0.05, 0) is 12.5 Å². The van der Waals surface area contributed by atoms with Crippen LogP contribution < -0.4 is 0 Å². The average Bonchev–Trinajstić information content (AvgIpc) is 2.87. The molecule has 1 aliphatic heterocycles. The molecule has 0 N–H and O–H groups in total. The number of ether oxygens (including phenoxy) is 1. The minimum Gasteiger partial charge on any atom is -0.376 e. The molecule has 0 bridgehead atoms. The smallest absolute Gasteiger partial charge is 0.0972 e. The van der Waals surface area contributed by atoms with E-state index in [1.54, 1.807) is 11.3 Å². The SMILES string of the molecule is C[C@H]1CN(Cc2csc(Cc3ccccc3)n2)CCO1. The number of hydrogen-bond donors (Lipinski definition) is 0. The van der Waals surface area contributed by atoms with Crippen molar-refractivity contribution < 1.29 is 4.74 Å². The fraction of sp³-hybridized carbons (Fsp3) is 0.438. The van der Waals surface area contributed by atoms with E-state index in [1.807, 2.05) is 0 Å². The molecule has 3 rings (SSSR count). The molecule has 1 saturated heterocycles. The van der Waals surface area contributed by atoms with Crippen molar-refractivity contribution in [2.24, 2.45) is 0 Å². The van der Waals surface area contributed by atoms with Crippen LogP contribution in [0.25, 0.3) is 0 Å². The van der Waals surface area contributed by atoms with E-state index in [-0.39, 0.29) is 0 Å². The molecular weight excluding hydrogens is 268 g/mol. The van der Waals surface area contributed by atoms with Gasteiger partial charge in [-0.15, -0.1) is 11.3 Å². The standard InChI is InChI=1S/C16H20N2OS/c1-13-10-18(7-8-19-13)11-15-12-20-16(17-15)9-14-5-3-2-4-6-14/h2-6,12-13H,7-11H2,1H3/t13-/m0/s1. The van der Waals surface area contributed by atoms with Gasteiger partial charge in [-0.1, -0.05) is 30.3 Å². The van der Waals surface area contributed by atoms with Gasteiger partial charge in [0.25, 0.3) is 0 Å². The summed E-state index contributed by atoms with van der Waals surface area (Å²) in [6.45, 7) is 5.93. The third kappa shape index (κ3) is 3.66. The summed E-state index contributed by atoms with van der Waals surface area (Å²) in [5.41, 5.74) is 2.52. The number of rotatable bonds is 4. The minimum atomic E-state index is 0.339. The number of aromatic nitrogens is 1. The number of morpholine rings is 1. The van der Waals surface area contributed by atoms with Crippen molar-refractivity contribution >= 4 is 11.3 Å². The van der Waals surface area contributed by atoms with Gasteiger partial charge in [-0.2, -0.15) is 0 Å². The Bertz CT molecular complexity index is 540. The molecule has 0 aliphatic carbocycles. The summed E-state index contributed by atoms with van der Waals surface area (Å²) in [5, 5.41) is 3.39. The topological polar surface area (TPSA) is 25.4 Å². The van der Waals surface area contributed by atoms with Crippen molar-refractivity contribution in [3.63, 3.8) is 0 Å². The lowest BCUT2D eigenvalue weighted by Gasteiger charge is -2.30. The zero-order chi connectivity index (χ0) is 13.8. The fourth-order valence-electron chi connectivity index (χ4n) is 2.54. The molecule has 0 radical (unpaired) electrons. The highest BCUT2D eigenvalue weighted by molar-refractivity contribution is 7.09. The second kappa shape index (κ2) is 6.48. The van der Waals surface area contributed by atoms with Gasteiger partial charge in [0.15, 0.2) is 0 Å². The lowest BCUT2D eigenvalue weighted by molar-refractivity contribution is -0.0215. The first-order chi connectivity index (χ1) is 9.79. The summed E-state index contributed by atoms with van der Waals surface area (Å²) in [6, 6.07) is 10.5. The summed E-state index contributed by atoms with van der Waals surface area (Å²) in [5.74, 6) is 0. The van der Waals surface area contributed by atoms with Gasteiger partial charge < -0.3 is 4.74 Å². The van der Waals surface area contributed by atoms with Crippen LogP contribution in [0.4, 0.5) is 0 Å². The molecule has 1 aliphatic rings. The van der Waals surface area contributed by atoms with Crippen LogP contribution in [0.1, 0.15) is 23.2 Å². The third-order valence-electron chi connectivity index (χ3n) is 3.51. The Morgan fingerprint density at radius 1 is 1.35 bits per heavy atom. The first-order valence-corrected chi connectivity index (χ1v) is 7.99. The van der Waals surface area contributed by atoms with E-state index in [9.17, 15) is 0 Å². The maximum Gasteiger partial charge on any atom is 0.0972 e. The molecule has 1 aromatic carbocycles. The van der Waals surface area contributed by atoms with Crippen molar-refractivity contribution in [2.45, 2.75) is 26.0 Å². The minimum absolute atomic E-state index is 0.339. The van der Waals surface area contributed by atoms with E-state index >= 15 is 0 Å². The van der Waals surface area contributed by atoms with Crippen LogP contribution >= 0.6 is 11.3 Å². The summed E-state index contributed by atoms with van der Waals surface area (Å²) in [7, 11) is 0. The normalized spacial score (nSPS) is 20.1. The monoisotopic (exact) mass is 288 g/mol. The van der Waals surface area contributed by atoms with Crippen LogP contribution in [0, 0.1) is 0 Å². The van der Waals surface area contributed by atoms with Gasteiger partial charge in [-0.3, -0.25) is 4.90 Å². The van der Waals surface area contributed by atoms with Crippen molar-refractivity contribution in [3.05, 3.63) is 52.0 Å². The molecule has 0 spiro atoms. The summed E-state index contributed by atoms with van der Waals surface area (Å²) >= 11 is 1.76. The molecule has 3 nitrogen and oxygen atoms in total. The van der Waals surface area contributed by atoms with E-state index in [2.05, 4.69) is 47.5 Å². The Hall–Kier alpha value is -1.23. The number of nitrogens with zero attached hydrogens (tertiary/aromatic N) is 2. The average molecular weight is 288 g/mol. The molecule has 4 heteroatoms. The highest BCUT2D eigenvalue weighted by atomic mass is 32.1. The quantitative estimate of drug-likeness (QED) is 0.865. The Morgan fingerprint density at radius 2 is 2.20 bits per heavy atom. The van der Waals surface area contributed by atoms with Crippen LogP contribution in [0.5, 0.6) is 0 Å². The first-order valence-electron chi connectivity index (χ1n) is 7.11. The third-order valence-corrected chi connectivity index (χ3v) is 4.41. The summed E-state index contributed by atoms with van der Waals surface area (Å²) in [6.07, 6.45) is 1.27. The lowest BCUT2D eigenvalue weighted by atomic mass is 10.2. The lowest BCUT2D eigenvalue weighted by Crippen LogP contribution is -2.40. The zero-order valence-corrected chi connectivity index (χ0v) is 12.6. The Kier molecular flexibility index (Phi) is 4.45. The predicted octanol–water partition coefficient (Wildman–Crippen LogP) is 2.95. The second-order valence-corrected chi connectivity index (χ2v) is 6.25. The van der Waals surface area contributed by atoms with Crippen molar-refractivity contribution in [1.82, 2.24) is 9.88 Å². The van der Waals surface area contributed by atoms with E-state index in [0.29, 0.717) is 6.10 Å². The van der Waals surface area contributed by atoms with Crippen LogP contribution in [-0.4, -0.2) is 35.7 Å². The molecule has 106 valence electrons. The number of benzene rings is 1. The molecule has 20 heavy (non-hydrogen) atoms. The maximum absolute atomic E-state index is 5.57. The molecule has 1 aromatic heterocycles. The second-order valence-electron chi connectivity index (χ2n) is 5.31. The molecule has 2 heterocycles. The van der Waals surface area contributed by atoms with Gasteiger partial charge >= 0.3 is 0 Å². The molecule has 1 fully saturated rings. The van der Waals surface area contributed by atoms with Crippen LogP contribution in [0.3, 0.4) is 0 Å². The molecule has 2 aromatic rings. The van der Waals surface area contributed by atoms with E-state index in [4.69, 9.17) is 9.72 Å².